The van der Waals surface area contributed by atoms with Crippen LogP contribution < -0.4 is 4.74 Å². The summed E-state index contributed by atoms with van der Waals surface area (Å²) in [5.74, 6) is 1.27. The molecule has 2 rings (SSSR count). The fraction of sp³-hybridized carbons (Fsp3) is 0.562. The Morgan fingerprint density at radius 1 is 1.48 bits per heavy atom. The van der Waals surface area contributed by atoms with Gasteiger partial charge >= 0.3 is 0 Å². The first-order chi connectivity index (χ1) is 10.2. The van der Waals surface area contributed by atoms with E-state index in [4.69, 9.17) is 9.47 Å². The second-order valence-corrected chi connectivity index (χ2v) is 6.12. The number of amides is 1. The first-order valence-corrected chi connectivity index (χ1v) is 8.15. The summed E-state index contributed by atoms with van der Waals surface area (Å²) in [4.78, 5) is 14.5. The molecule has 116 valence electrons. The van der Waals surface area contributed by atoms with E-state index in [1.165, 1.54) is 0 Å². The molecule has 5 heteroatoms. The van der Waals surface area contributed by atoms with Crippen LogP contribution in [-0.2, 0) is 4.74 Å². The molecule has 0 spiro atoms. The van der Waals surface area contributed by atoms with E-state index in [1.807, 2.05) is 30.0 Å². The van der Waals surface area contributed by atoms with Crippen molar-refractivity contribution >= 4 is 21.8 Å². The third-order valence-electron chi connectivity index (χ3n) is 3.76. The molecule has 1 aromatic rings. The molecule has 0 N–H and O–H groups in total. The third kappa shape index (κ3) is 4.20. The van der Waals surface area contributed by atoms with Gasteiger partial charge in [-0.15, -0.1) is 0 Å². The molecule has 21 heavy (non-hydrogen) atoms. The number of carbonyl (C=O) groups excluding carboxylic acids is 1. The minimum Gasteiger partial charge on any atom is -0.496 e. The molecule has 1 unspecified atom stereocenters. The van der Waals surface area contributed by atoms with Crippen LogP contribution >= 0.6 is 15.9 Å². The fourth-order valence-corrected chi connectivity index (χ4v) is 3.19. The quantitative estimate of drug-likeness (QED) is 0.812. The number of rotatable bonds is 5. The van der Waals surface area contributed by atoms with Crippen molar-refractivity contribution in [1.29, 1.82) is 0 Å². The first-order valence-electron chi connectivity index (χ1n) is 7.36. The smallest absolute Gasteiger partial charge is 0.253 e. The molecular weight excluding hydrogens is 334 g/mol. The van der Waals surface area contributed by atoms with Gasteiger partial charge in [0.1, 0.15) is 5.75 Å². The molecule has 0 aliphatic carbocycles. The number of benzene rings is 1. The molecule has 1 saturated heterocycles. The summed E-state index contributed by atoms with van der Waals surface area (Å²) in [7, 11) is 1.62. The van der Waals surface area contributed by atoms with Crippen LogP contribution in [0.2, 0.25) is 0 Å². The summed E-state index contributed by atoms with van der Waals surface area (Å²) in [5, 5.41) is 0. The molecule has 1 aromatic carbocycles. The molecule has 0 bridgehead atoms. The number of likely N-dealkylation sites (tertiary alicyclic amines) is 1. The largest absolute Gasteiger partial charge is 0.496 e. The molecule has 1 aliphatic heterocycles. The van der Waals surface area contributed by atoms with Gasteiger partial charge in [0, 0.05) is 25.3 Å². The maximum Gasteiger partial charge on any atom is 0.253 e. The average molecular weight is 356 g/mol. The highest BCUT2D eigenvalue weighted by molar-refractivity contribution is 9.10. The summed E-state index contributed by atoms with van der Waals surface area (Å²) in [6.45, 7) is 5.08. The normalized spacial score (nSPS) is 18.6. The number of hydrogen-bond acceptors (Lipinski definition) is 3. The van der Waals surface area contributed by atoms with Crippen LogP contribution in [-0.4, -0.2) is 44.2 Å². The van der Waals surface area contributed by atoms with E-state index in [0.717, 1.165) is 49.4 Å². The van der Waals surface area contributed by atoms with E-state index in [-0.39, 0.29) is 5.91 Å². The number of ether oxygens (including phenoxy) is 2. The number of nitrogens with zero attached hydrogens (tertiary/aromatic N) is 1. The molecule has 1 atom stereocenters. The zero-order valence-corrected chi connectivity index (χ0v) is 14.2. The van der Waals surface area contributed by atoms with Crippen molar-refractivity contribution in [2.75, 3.05) is 33.4 Å². The van der Waals surface area contributed by atoms with Gasteiger partial charge in [0.2, 0.25) is 0 Å². The second-order valence-electron chi connectivity index (χ2n) is 5.27. The van der Waals surface area contributed by atoms with Crippen molar-refractivity contribution in [3.63, 3.8) is 0 Å². The van der Waals surface area contributed by atoms with E-state index >= 15 is 0 Å². The highest BCUT2D eigenvalue weighted by Gasteiger charge is 2.24. The minimum atomic E-state index is 0.0829. The van der Waals surface area contributed by atoms with Gasteiger partial charge in [-0.05, 0) is 59.8 Å². The number of halogens is 1. The van der Waals surface area contributed by atoms with Gasteiger partial charge in [-0.25, -0.2) is 0 Å². The van der Waals surface area contributed by atoms with Crippen molar-refractivity contribution in [2.45, 2.75) is 19.8 Å². The molecule has 1 heterocycles. The monoisotopic (exact) mass is 355 g/mol. The van der Waals surface area contributed by atoms with Crippen LogP contribution in [0.4, 0.5) is 0 Å². The van der Waals surface area contributed by atoms with E-state index in [2.05, 4.69) is 15.9 Å². The van der Waals surface area contributed by atoms with Gasteiger partial charge in [-0.2, -0.15) is 0 Å². The Bertz CT molecular complexity index is 492. The van der Waals surface area contributed by atoms with Crippen LogP contribution in [0.3, 0.4) is 0 Å². The lowest BCUT2D eigenvalue weighted by Gasteiger charge is -2.32. The Morgan fingerprint density at radius 3 is 2.95 bits per heavy atom. The van der Waals surface area contributed by atoms with Crippen molar-refractivity contribution in [3.05, 3.63) is 28.2 Å². The van der Waals surface area contributed by atoms with Gasteiger partial charge in [0.05, 0.1) is 18.2 Å². The van der Waals surface area contributed by atoms with Gasteiger partial charge in [0.25, 0.3) is 5.91 Å². The Hall–Kier alpha value is -1.07. The van der Waals surface area contributed by atoms with Crippen LogP contribution in [0.1, 0.15) is 30.1 Å². The highest BCUT2D eigenvalue weighted by atomic mass is 79.9. The Kier molecular flexibility index (Phi) is 6.06. The van der Waals surface area contributed by atoms with Crippen molar-refractivity contribution < 1.29 is 14.3 Å². The molecule has 0 saturated carbocycles. The lowest BCUT2D eigenvalue weighted by atomic mass is 9.98. The molecule has 0 radical (unpaired) electrons. The van der Waals surface area contributed by atoms with Crippen LogP contribution in [0, 0.1) is 5.92 Å². The summed E-state index contributed by atoms with van der Waals surface area (Å²) < 4.78 is 11.5. The lowest BCUT2D eigenvalue weighted by molar-refractivity contribution is 0.0501. The van der Waals surface area contributed by atoms with Gasteiger partial charge in [0.15, 0.2) is 0 Å². The molecule has 1 amide bonds. The zero-order chi connectivity index (χ0) is 15.2. The van der Waals surface area contributed by atoms with Crippen LogP contribution in [0.15, 0.2) is 22.7 Å². The summed E-state index contributed by atoms with van der Waals surface area (Å²) in [6, 6.07) is 5.46. The topological polar surface area (TPSA) is 38.8 Å². The lowest BCUT2D eigenvalue weighted by Crippen LogP contribution is -2.41. The van der Waals surface area contributed by atoms with Gasteiger partial charge in [-0.1, -0.05) is 0 Å². The van der Waals surface area contributed by atoms with Crippen molar-refractivity contribution in [2.24, 2.45) is 5.92 Å². The van der Waals surface area contributed by atoms with Gasteiger partial charge < -0.3 is 14.4 Å². The summed E-state index contributed by atoms with van der Waals surface area (Å²) in [6.07, 6.45) is 2.18. The average Bonchev–Trinajstić information content (AvgIpc) is 2.52. The Labute approximate surface area is 134 Å². The minimum absolute atomic E-state index is 0.0829. The molecule has 1 aliphatic rings. The van der Waals surface area contributed by atoms with E-state index < -0.39 is 0 Å². The van der Waals surface area contributed by atoms with E-state index in [9.17, 15) is 4.79 Å². The summed E-state index contributed by atoms with van der Waals surface area (Å²) >= 11 is 3.43. The Morgan fingerprint density at radius 2 is 2.29 bits per heavy atom. The first kappa shape index (κ1) is 16.3. The van der Waals surface area contributed by atoms with Crippen LogP contribution in [0.5, 0.6) is 5.75 Å². The maximum absolute atomic E-state index is 12.6. The fourth-order valence-electron chi connectivity index (χ4n) is 2.65. The Balaban J connectivity index is 2.03. The highest BCUT2D eigenvalue weighted by Crippen LogP contribution is 2.27. The van der Waals surface area contributed by atoms with Crippen molar-refractivity contribution in [1.82, 2.24) is 4.90 Å². The summed E-state index contributed by atoms with van der Waals surface area (Å²) in [5.41, 5.74) is 0.694. The number of carbonyl (C=O) groups is 1. The number of methoxy groups -OCH3 is 1. The predicted molar refractivity (Wildman–Crippen MR) is 85.8 cm³/mol. The maximum atomic E-state index is 12.6. The SMILES string of the molecule is CCOCC1CCCN(C(=O)c2ccc(OC)c(Br)c2)C1. The zero-order valence-electron chi connectivity index (χ0n) is 12.6. The van der Waals surface area contributed by atoms with E-state index in [0.29, 0.717) is 11.5 Å². The molecule has 0 aromatic heterocycles. The van der Waals surface area contributed by atoms with Gasteiger partial charge in [-0.3, -0.25) is 4.79 Å². The number of piperidine rings is 1. The van der Waals surface area contributed by atoms with Crippen molar-refractivity contribution in [3.8, 4) is 5.75 Å². The number of hydrogen-bond donors (Lipinski definition) is 0. The van der Waals surface area contributed by atoms with Crippen LogP contribution in [0.25, 0.3) is 0 Å². The van der Waals surface area contributed by atoms with E-state index in [1.54, 1.807) is 7.11 Å². The molecule has 1 fully saturated rings. The second kappa shape index (κ2) is 7.80. The third-order valence-corrected chi connectivity index (χ3v) is 4.38. The standard InChI is InChI=1S/C16H22BrNO3/c1-3-21-11-12-5-4-8-18(10-12)16(19)13-6-7-15(20-2)14(17)9-13/h6-7,9,12H,3-5,8,10-11H2,1-2H3. The molecule has 4 nitrogen and oxygen atoms in total. The predicted octanol–water partition coefficient (Wildman–Crippen LogP) is 3.35. The molecular formula is C16H22BrNO3.